The number of hydrogen-bond donors (Lipinski definition) is 1. The van der Waals surface area contributed by atoms with Gasteiger partial charge in [-0.2, -0.15) is 0 Å². The molecule has 0 bridgehead atoms. The van der Waals surface area contributed by atoms with E-state index in [0.29, 0.717) is 17.1 Å². The molecule has 0 aromatic carbocycles. The van der Waals surface area contributed by atoms with E-state index in [4.69, 9.17) is 0 Å². The lowest BCUT2D eigenvalue weighted by atomic mass is 9.93. The van der Waals surface area contributed by atoms with E-state index in [-0.39, 0.29) is 5.41 Å². The Balaban J connectivity index is 2.47. The van der Waals surface area contributed by atoms with Crippen LogP contribution in [0.2, 0.25) is 0 Å². The number of hydroxylamine groups is 3. The van der Waals surface area contributed by atoms with Crippen molar-refractivity contribution in [3.63, 3.8) is 0 Å². The van der Waals surface area contributed by atoms with Crippen molar-refractivity contribution < 1.29 is 4.65 Å². The highest BCUT2D eigenvalue weighted by Crippen LogP contribution is 2.38. The van der Waals surface area contributed by atoms with Crippen LogP contribution in [0.4, 0.5) is 0 Å². The molecule has 0 aliphatic carbocycles. The summed E-state index contributed by atoms with van der Waals surface area (Å²) in [5.74, 6) is 0.461. The Bertz CT molecular complexity index is 431. The standard InChI is InChI=1S/C11H16BrN3O/c1-7-5-13-10-14-8(11(2,3)4)6-15(10,16)9(7)12/h6H,5H2,1-4H3,(H,13,14). The summed E-state index contributed by atoms with van der Waals surface area (Å²) in [5, 5.41) is 15.8. The Hall–Kier alpha value is -0.650. The van der Waals surface area contributed by atoms with Crippen LogP contribution in [0.15, 0.2) is 27.1 Å². The Morgan fingerprint density at radius 1 is 1.50 bits per heavy atom. The van der Waals surface area contributed by atoms with Crippen LogP contribution in [0.25, 0.3) is 0 Å². The molecule has 0 aromatic heterocycles. The third-order valence-corrected chi connectivity index (χ3v) is 3.99. The lowest BCUT2D eigenvalue weighted by Gasteiger charge is -2.35. The molecule has 0 saturated carbocycles. The van der Waals surface area contributed by atoms with Crippen molar-refractivity contribution in [2.75, 3.05) is 6.54 Å². The van der Waals surface area contributed by atoms with Gasteiger partial charge in [0.25, 0.3) is 0 Å². The second-order valence-corrected chi connectivity index (χ2v) is 6.04. The van der Waals surface area contributed by atoms with Gasteiger partial charge in [-0.1, -0.05) is 20.8 Å². The Morgan fingerprint density at radius 2 is 2.12 bits per heavy atom. The highest BCUT2D eigenvalue weighted by molar-refractivity contribution is 9.11. The third-order valence-electron chi connectivity index (χ3n) is 2.79. The van der Waals surface area contributed by atoms with Crippen LogP contribution < -0.4 is 5.32 Å². The Kier molecular flexibility index (Phi) is 2.53. The molecule has 0 amide bonds. The lowest BCUT2D eigenvalue weighted by Crippen LogP contribution is -2.45. The third kappa shape index (κ3) is 1.63. The fraction of sp³-hybridized carbons (Fsp3) is 0.545. The molecule has 0 saturated heterocycles. The van der Waals surface area contributed by atoms with Gasteiger partial charge in [-0.3, -0.25) is 5.32 Å². The minimum absolute atomic E-state index is 0.0727. The van der Waals surface area contributed by atoms with Crippen LogP contribution in [-0.2, 0) is 0 Å². The van der Waals surface area contributed by atoms with Crippen molar-refractivity contribution in [1.29, 1.82) is 0 Å². The molecular weight excluding hydrogens is 270 g/mol. The van der Waals surface area contributed by atoms with Crippen LogP contribution in [0.3, 0.4) is 0 Å². The molecule has 88 valence electrons. The number of aliphatic imine (C=N–C) groups is 1. The van der Waals surface area contributed by atoms with E-state index in [2.05, 4.69) is 47.0 Å². The summed E-state index contributed by atoms with van der Waals surface area (Å²) in [6.45, 7) is 8.71. The van der Waals surface area contributed by atoms with Gasteiger partial charge in [0.2, 0.25) is 0 Å². The quantitative estimate of drug-likeness (QED) is 0.423. The van der Waals surface area contributed by atoms with Crippen LogP contribution in [0.1, 0.15) is 27.7 Å². The Labute approximate surface area is 104 Å². The molecule has 2 rings (SSSR count). The monoisotopic (exact) mass is 285 g/mol. The number of rotatable bonds is 0. The van der Waals surface area contributed by atoms with Crippen LogP contribution in [0, 0.1) is 10.6 Å². The first-order valence-corrected chi connectivity index (χ1v) is 6.05. The lowest BCUT2D eigenvalue weighted by molar-refractivity contribution is -0.677. The van der Waals surface area contributed by atoms with Crippen molar-refractivity contribution in [2.45, 2.75) is 27.7 Å². The minimum atomic E-state index is -0.613. The van der Waals surface area contributed by atoms with Crippen LogP contribution in [0.5, 0.6) is 0 Å². The number of guanidine groups is 1. The number of hydrogen-bond acceptors (Lipinski definition) is 3. The average Bonchev–Trinajstić information content (AvgIpc) is 2.51. The Morgan fingerprint density at radius 3 is 2.69 bits per heavy atom. The first kappa shape index (κ1) is 11.8. The fourth-order valence-corrected chi connectivity index (χ4v) is 2.09. The zero-order chi connectivity index (χ0) is 12.1. The van der Waals surface area contributed by atoms with Gasteiger partial charge < -0.3 is 5.21 Å². The van der Waals surface area contributed by atoms with Crippen molar-refractivity contribution in [3.8, 4) is 0 Å². The van der Waals surface area contributed by atoms with E-state index < -0.39 is 4.65 Å². The predicted octanol–water partition coefficient (Wildman–Crippen LogP) is 2.79. The molecule has 0 radical (unpaired) electrons. The van der Waals surface area contributed by atoms with E-state index >= 15 is 0 Å². The molecule has 4 nitrogen and oxygen atoms in total. The fourth-order valence-electron chi connectivity index (χ4n) is 1.70. The first-order valence-electron chi connectivity index (χ1n) is 5.26. The van der Waals surface area contributed by atoms with Gasteiger partial charge in [-0.05, 0) is 6.92 Å². The van der Waals surface area contributed by atoms with Gasteiger partial charge in [0.05, 0.1) is 12.2 Å². The van der Waals surface area contributed by atoms with Crippen molar-refractivity contribution in [2.24, 2.45) is 10.4 Å². The molecule has 2 aliphatic heterocycles. The van der Waals surface area contributed by atoms with E-state index in [1.54, 1.807) is 6.20 Å². The second kappa shape index (κ2) is 3.42. The van der Waals surface area contributed by atoms with Gasteiger partial charge in [0.1, 0.15) is 6.20 Å². The van der Waals surface area contributed by atoms with Crippen LogP contribution >= 0.6 is 15.9 Å². The van der Waals surface area contributed by atoms with Gasteiger partial charge in [-0.15, -0.1) is 0 Å². The van der Waals surface area contributed by atoms with Gasteiger partial charge in [0.15, 0.2) is 4.61 Å². The molecule has 0 spiro atoms. The normalized spacial score (nSPS) is 29.6. The second-order valence-electron chi connectivity index (χ2n) is 5.29. The van der Waals surface area contributed by atoms with Crippen molar-refractivity contribution in [3.05, 3.63) is 27.3 Å². The topological polar surface area (TPSA) is 47.4 Å². The molecule has 2 aliphatic rings. The van der Waals surface area contributed by atoms with E-state index in [0.717, 1.165) is 11.3 Å². The summed E-state index contributed by atoms with van der Waals surface area (Å²) in [7, 11) is 0. The molecule has 0 aromatic rings. The number of fused-ring (bicyclic) bond motifs is 1. The molecular formula is C11H16BrN3O. The highest BCUT2D eigenvalue weighted by Gasteiger charge is 2.41. The minimum Gasteiger partial charge on any atom is -0.614 e. The summed E-state index contributed by atoms with van der Waals surface area (Å²) >= 11 is 3.38. The first-order chi connectivity index (χ1) is 7.25. The van der Waals surface area contributed by atoms with Crippen molar-refractivity contribution in [1.82, 2.24) is 5.32 Å². The smallest absolute Gasteiger partial charge is 0.312 e. The number of nitrogens with zero attached hydrogens (tertiary/aromatic N) is 2. The molecule has 1 atom stereocenters. The number of quaternary nitrogens is 1. The predicted molar refractivity (Wildman–Crippen MR) is 68.2 cm³/mol. The maximum absolute atomic E-state index is 12.6. The molecule has 5 heteroatoms. The zero-order valence-corrected chi connectivity index (χ0v) is 11.6. The van der Waals surface area contributed by atoms with Crippen molar-refractivity contribution >= 4 is 21.9 Å². The highest BCUT2D eigenvalue weighted by atomic mass is 79.9. The van der Waals surface area contributed by atoms with Gasteiger partial charge in [-0.25, -0.2) is 9.64 Å². The van der Waals surface area contributed by atoms with Crippen LogP contribution in [-0.4, -0.2) is 17.2 Å². The van der Waals surface area contributed by atoms with Gasteiger partial charge >= 0.3 is 5.96 Å². The largest absolute Gasteiger partial charge is 0.614 e. The van der Waals surface area contributed by atoms with Gasteiger partial charge in [0, 0.05) is 26.9 Å². The molecule has 1 N–H and O–H groups in total. The number of allylic oxidation sites excluding steroid dienone is 1. The summed E-state index contributed by atoms with van der Waals surface area (Å²) in [6, 6.07) is 0. The SMILES string of the molecule is CC1=C(Br)[N+]2([O-])C=C(C(C)(C)C)NC2=NC1. The zero-order valence-electron chi connectivity index (χ0n) is 9.97. The number of nitrogens with one attached hydrogen (secondary N) is 1. The maximum atomic E-state index is 12.6. The molecule has 16 heavy (non-hydrogen) atoms. The summed E-state index contributed by atoms with van der Waals surface area (Å²) < 4.78 is 0.0302. The van der Waals surface area contributed by atoms with E-state index in [1.807, 2.05) is 6.92 Å². The molecule has 1 unspecified atom stereocenters. The van der Waals surface area contributed by atoms with E-state index in [9.17, 15) is 5.21 Å². The summed E-state index contributed by atoms with van der Waals surface area (Å²) in [4.78, 5) is 4.28. The van der Waals surface area contributed by atoms with E-state index in [1.165, 1.54) is 0 Å². The maximum Gasteiger partial charge on any atom is 0.312 e. The molecule has 0 fully saturated rings. The average molecular weight is 286 g/mol. The number of halogens is 1. The summed E-state index contributed by atoms with van der Waals surface area (Å²) in [5.41, 5.74) is 1.83. The molecule has 2 heterocycles. The summed E-state index contributed by atoms with van der Waals surface area (Å²) in [6.07, 6.45) is 1.69.